The highest BCUT2D eigenvalue weighted by molar-refractivity contribution is 5.13. The lowest BCUT2D eigenvalue weighted by Crippen LogP contribution is -2.25. The maximum Gasteiger partial charge on any atom is 0.146 e. The summed E-state index contributed by atoms with van der Waals surface area (Å²) >= 11 is 0. The zero-order valence-electron chi connectivity index (χ0n) is 9.50. The highest BCUT2D eigenvalue weighted by Gasteiger charge is 2.14. The fourth-order valence-corrected chi connectivity index (χ4v) is 1.28. The van der Waals surface area contributed by atoms with Gasteiger partial charge in [-0.05, 0) is 11.6 Å². The Labute approximate surface area is 100 Å². The van der Waals surface area contributed by atoms with E-state index in [1.54, 1.807) is 0 Å². The average Bonchev–Trinajstić information content (AvgIpc) is 2.37. The Morgan fingerprint density at radius 3 is 2.65 bits per heavy atom. The van der Waals surface area contributed by atoms with Gasteiger partial charge < -0.3 is 14.9 Å². The molecule has 1 aromatic rings. The molecule has 2 atom stereocenters. The van der Waals surface area contributed by atoms with Crippen molar-refractivity contribution in [2.24, 2.45) is 0 Å². The van der Waals surface area contributed by atoms with Crippen LogP contribution in [0.3, 0.4) is 0 Å². The summed E-state index contributed by atoms with van der Waals surface area (Å²) in [6, 6.07) is 9.46. The third-order valence-corrected chi connectivity index (χ3v) is 2.19. The first-order valence-electron chi connectivity index (χ1n) is 5.45. The van der Waals surface area contributed by atoms with Gasteiger partial charge in [0.15, 0.2) is 0 Å². The molecule has 0 amide bonds. The van der Waals surface area contributed by atoms with E-state index in [1.165, 1.54) is 6.08 Å². The molecule has 0 spiro atoms. The van der Waals surface area contributed by atoms with E-state index >= 15 is 0 Å². The van der Waals surface area contributed by atoms with E-state index in [0.29, 0.717) is 6.61 Å². The van der Waals surface area contributed by atoms with Gasteiger partial charge in [-0.15, -0.1) is 0 Å². The summed E-state index contributed by atoms with van der Waals surface area (Å²) in [5.41, 5.74) is 0.973. The lowest BCUT2D eigenvalue weighted by molar-refractivity contribution is -0.000603. The maximum absolute atomic E-state index is 13.2. The molecular formula is C13H17FO3. The zero-order valence-corrected chi connectivity index (χ0v) is 9.50. The van der Waals surface area contributed by atoms with Gasteiger partial charge in [0.1, 0.15) is 12.3 Å². The molecule has 0 radical (unpaired) electrons. The molecule has 0 aliphatic rings. The number of ether oxygens (including phenoxy) is 1. The zero-order chi connectivity index (χ0) is 12.5. The van der Waals surface area contributed by atoms with Crippen LogP contribution in [0.5, 0.6) is 0 Å². The molecule has 0 unspecified atom stereocenters. The highest BCUT2D eigenvalue weighted by Crippen LogP contribution is 2.05. The number of aliphatic hydroxyl groups excluding tert-OH is 2. The quantitative estimate of drug-likeness (QED) is 0.709. The largest absolute Gasteiger partial charge is 0.392 e. The fraction of sp³-hybridized carbons (Fsp3) is 0.385. The monoisotopic (exact) mass is 240 g/mol. The van der Waals surface area contributed by atoms with Crippen molar-refractivity contribution in [3.05, 3.63) is 48.0 Å². The van der Waals surface area contributed by atoms with Gasteiger partial charge in [0.05, 0.1) is 19.8 Å². The number of aliphatic hydroxyl groups is 2. The molecule has 0 aromatic heterocycles. The van der Waals surface area contributed by atoms with E-state index in [9.17, 15) is 9.50 Å². The van der Waals surface area contributed by atoms with Crippen molar-refractivity contribution in [3.8, 4) is 0 Å². The predicted molar refractivity (Wildman–Crippen MR) is 63.2 cm³/mol. The van der Waals surface area contributed by atoms with Crippen LogP contribution in [-0.4, -0.2) is 35.7 Å². The van der Waals surface area contributed by atoms with Gasteiger partial charge in [0, 0.05) is 0 Å². The average molecular weight is 240 g/mol. The van der Waals surface area contributed by atoms with Gasteiger partial charge in [-0.1, -0.05) is 36.4 Å². The van der Waals surface area contributed by atoms with Gasteiger partial charge in [-0.3, -0.25) is 0 Å². The normalized spacial score (nSPS) is 15.0. The summed E-state index contributed by atoms with van der Waals surface area (Å²) in [6.45, 7) is 0.0260. The number of rotatable bonds is 7. The first-order valence-corrected chi connectivity index (χ1v) is 5.45. The van der Waals surface area contributed by atoms with Crippen molar-refractivity contribution in [3.63, 3.8) is 0 Å². The molecule has 3 nitrogen and oxygen atoms in total. The topological polar surface area (TPSA) is 49.7 Å². The van der Waals surface area contributed by atoms with Gasteiger partial charge in [-0.2, -0.15) is 0 Å². The van der Waals surface area contributed by atoms with Crippen molar-refractivity contribution >= 4 is 0 Å². The Morgan fingerprint density at radius 2 is 2.00 bits per heavy atom. The van der Waals surface area contributed by atoms with Crippen LogP contribution in [0.1, 0.15) is 5.56 Å². The second-order valence-electron chi connectivity index (χ2n) is 3.62. The van der Waals surface area contributed by atoms with Gasteiger partial charge in [0.2, 0.25) is 0 Å². The van der Waals surface area contributed by atoms with Crippen molar-refractivity contribution in [2.75, 3.05) is 13.2 Å². The Balaban J connectivity index is 2.24. The number of halogens is 1. The molecule has 0 bridgehead atoms. The molecular weight excluding hydrogens is 223 g/mol. The second kappa shape index (κ2) is 7.95. The van der Waals surface area contributed by atoms with Crippen LogP contribution < -0.4 is 0 Å². The molecule has 94 valence electrons. The smallest absolute Gasteiger partial charge is 0.146 e. The predicted octanol–water partition coefficient (Wildman–Crippen LogP) is 1.45. The summed E-state index contributed by atoms with van der Waals surface area (Å²) < 4.78 is 18.4. The molecule has 1 aromatic carbocycles. The summed E-state index contributed by atoms with van der Waals surface area (Å²) in [6.07, 6.45) is -0.346. The first-order chi connectivity index (χ1) is 8.24. The molecule has 0 aliphatic heterocycles. The molecule has 1 rings (SSSR count). The lowest BCUT2D eigenvalue weighted by Gasteiger charge is -2.12. The highest BCUT2D eigenvalue weighted by atomic mass is 19.1. The van der Waals surface area contributed by atoms with Crippen LogP contribution in [-0.2, 0) is 11.3 Å². The summed E-state index contributed by atoms with van der Waals surface area (Å²) in [5.74, 6) is 0. The number of alkyl halides is 1. The van der Waals surface area contributed by atoms with Gasteiger partial charge in [-0.25, -0.2) is 4.39 Å². The fourth-order valence-electron chi connectivity index (χ4n) is 1.28. The Kier molecular flexibility index (Phi) is 6.47. The molecule has 0 aliphatic carbocycles. The second-order valence-corrected chi connectivity index (χ2v) is 3.62. The van der Waals surface area contributed by atoms with Crippen LogP contribution in [0, 0.1) is 0 Å². The van der Waals surface area contributed by atoms with Crippen LogP contribution in [0.2, 0.25) is 0 Å². The van der Waals surface area contributed by atoms with E-state index in [-0.39, 0.29) is 13.2 Å². The van der Waals surface area contributed by atoms with Crippen LogP contribution in [0.15, 0.2) is 42.5 Å². The minimum atomic E-state index is -1.52. The van der Waals surface area contributed by atoms with E-state index in [2.05, 4.69) is 0 Å². The van der Waals surface area contributed by atoms with Crippen LogP contribution >= 0.6 is 0 Å². The van der Waals surface area contributed by atoms with E-state index in [0.717, 1.165) is 11.6 Å². The van der Waals surface area contributed by atoms with Crippen molar-refractivity contribution in [1.82, 2.24) is 0 Å². The Bertz CT molecular complexity index is 327. The molecule has 0 saturated heterocycles. The number of benzene rings is 1. The lowest BCUT2D eigenvalue weighted by atomic mass is 10.2. The summed E-state index contributed by atoms with van der Waals surface area (Å²) in [7, 11) is 0. The third-order valence-electron chi connectivity index (χ3n) is 2.19. The Morgan fingerprint density at radius 1 is 1.29 bits per heavy atom. The molecule has 0 fully saturated rings. The minimum absolute atomic E-state index is 0.0776. The van der Waals surface area contributed by atoms with Gasteiger partial charge in [0.25, 0.3) is 0 Å². The van der Waals surface area contributed by atoms with Crippen LogP contribution in [0.25, 0.3) is 0 Å². The summed E-state index contributed by atoms with van der Waals surface area (Å²) in [4.78, 5) is 0. The molecule has 4 heteroatoms. The van der Waals surface area contributed by atoms with E-state index < -0.39 is 12.3 Å². The summed E-state index contributed by atoms with van der Waals surface area (Å²) in [5, 5.41) is 17.8. The van der Waals surface area contributed by atoms with E-state index in [4.69, 9.17) is 9.84 Å². The number of hydrogen-bond acceptors (Lipinski definition) is 3. The third kappa shape index (κ3) is 5.58. The standard InChI is InChI=1S/C13H17FO3/c14-12(7-4-8-15)13(16)10-17-9-11-5-2-1-3-6-11/h1-7,12-13,15-16H,8-10H2/b7-4-/t12-,13+/m1/s1. The van der Waals surface area contributed by atoms with Gasteiger partial charge >= 0.3 is 0 Å². The van der Waals surface area contributed by atoms with Crippen molar-refractivity contribution in [1.29, 1.82) is 0 Å². The Hall–Kier alpha value is -1.23. The SMILES string of the molecule is OC/C=C\[C@@H](F)[C@@H](O)COCc1ccccc1. The van der Waals surface area contributed by atoms with Crippen molar-refractivity contribution < 1.29 is 19.3 Å². The molecule has 17 heavy (non-hydrogen) atoms. The maximum atomic E-state index is 13.2. The van der Waals surface area contributed by atoms with Crippen LogP contribution in [0.4, 0.5) is 4.39 Å². The molecule has 0 saturated carbocycles. The molecule has 0 heterocycles. The first kappa shape index (κ1) is 13.8. The molecule has 2 N–H and O–H groups in total. The van der Waals surface area contributed by atoms with Crippen molar-refractivity contribution in [2.45, 2.75) is 18.9 Å². The number of hydrogen-bond donors (Lipinski definition) is 2. The minimum Gasteiger partial charge on any atom is -0.392 e. The van der Waals surface area contributed by atoms with E-state index in [1.807, 2.05) is 30.3 Å².